The molecule has 0 unspecified atom stereocenters. The average Bonchev–Trinajstić information content (AvgIpc) is 3.02. The van der Waals surface area contributed by atoms with E-state index < -0.39 is 5.92 Å². The molecule has 0 saturated carbocycles. The van der Waals surface area contributed by atoms with Gasteiger partial charge in [-0.3, -0.25) is 0 Å². The highest BCUT2D eigenvalue weighted by atomic mass is 16.5. The summed E-state index contributed by atoms with van der Waals surface area (Å²) in [4.78, 5) is 4.62. The maximum atomic E-state index is 9.69. The van der Waals surface area contributed by atoms with Crippen molar-refractivity contribution in [3.63, 3.8) is 0 Å². The number of hydrogen-bond acceptors (Lipinski definition) is 7. The molecule has 3 N–H and O–H groups in total. The summed E-state index contributed by atoms with van der Waals surface area (Å²) in [5, 5.41) is 12.6. The van der Waals surface area contributed by atoms with E-state index in [-0.39, 0.29) is 11.9 Å². The molecule has 0 radical (unpaired) electrons. The van der Waals surface area contributed by atoms with Gasteiger partial charge in [0, 0.05) is 6.42 Å². The number of hydrogen-bond donors (Lipinski definition) is 2. The summed E-state index contributed by atoms with van der Waals surface area (Å²) < 4.78 is 17.1. The molecule has 0 spiro atoms. The molecule has 0 bridgehead atoms. The zero-order valence-electron chi connectivity index (χ0n) is 16.0. The van der Waals surface area contributed by atoms with Crippen molar-refractivity contribution in [3.8, 4) is 17.6 Å². The van der Waals surface area contributed by atoms with Crippen molar-refractivity contribution in [3.05, 3.63) is 46.7 Å². The van der Waals surface area contributed by atoms with E-state index in [2.05, 4.69) is 23.3 Å². The predicted molar refractivity (Wildman–Crippen MR) is 102 cm³/mol. The summed E-state index contributed by atoms with van der Waals surface area (Å²) in [6.45, 7) is 5.96. The smallest absolute Gasteiger partial charge is 0.223 e. The minimum Gasteiger partial charge on any atom is -0.493 e. The van der Waals surface area contributed by atoms with Crippen molar-refractivity contribution in [2.75, 3.05) is 12.4 Å². The van der Waals surface area contributed by atoms with Crippen LogP contribution in [0.5, 0.6) is 11.5 Å². The summed E-state index contributed by atoms with van der Waals surface area (Å²) in [5.74, 6) is 2.19. The van der Waals surface area contributed by atoms with E-state index >= 15 is 0 Å². The Morgan fingerprint density at radius 2 is 2.15 bits per heavy atom. The van der Waals surface area contributed by atoms with Crippen LogP contribution in [0.4, 0.5) is 5.88 Å². The molecule has 7 nitrogen and oxygen atoms in total. The number of anilines is 1. The molecule has 1 aliphatic rings. The van der Waals surface area contributed by atoms with Gasteiger partial charge in [0.2, 0.25) is 5.88 Å². The zero-order chi connectivity index (χ0) is 19.6. The van der Waals surface area contributed by atoms with Crippen LogP contribution in [0.15, 0.2) is 34.0 Å². The van der Waals surface area contributed by atoms with Crippen LogP contribution in [0.1, 0.15) is 50.3 Å². The SMILES string of the molecule is CCCc1nc2c(o1)NC(N)=C(C#N)[C@H]2c1ccc(OC(C)C)c(OC)c1. The molecule has 27 heavy (non-hydrogen) atoms. The standard InChI is InChI=1S/C20H24N4O3/c1-5-6-16-23-18-17(13(10-21)19(22)24-20(18)27-16)12-7-8-14(26-11(2)3)15(9-12)25-4/h7-9,11,17,24H,5-6,22H2,1-4H3/t17-/m1/s1. The van der Waals surface area contributed by atoms with E-state index in [0.717, 1.165) is 12.0 Å². The number of nitrogens with one attached hydrogen (secondary N) is 1. The maximum absolute atomic E-state index is 9.69. The fourth-order valence-corrected chi connectivity index (χ4v) is 3.13. The highest BCUT2D eigenvalue weighted by Gasteiger charge is 2.34. The molecule has 3 rings (SSSR count). The highest BCUT2D eigenvalue weighted by molar-refractivity contribution is 5.62. The van der Waals surface area contributed by atoms with Gasteiger partial charge in [0.1, 0.15) is 11.5 Å². The molecule has 1 aromatic heterocycles. The van der Waals surface area contributed by atoms with E-state index in [1.165, 1.54) is 0 Å². The van der Waals surface area contributed by atoms with Gasteiger partial charge in [0.05, 0.1) is 30.8 Å². The van der Waals surface area contributed by atoms with Gasteiger partial charge in [0.15, 0.2) is 17.4 Å². The molecular weight excluding hydrogens is 344 g/mol. The Kier molecular flexibility index (Phi) is 5.26. The first-order chi connectivity index (χ1) is 13.0. The number of aromatic nitrogens is 1. The van der Waals surface area contributed by atoms with Gasteiger partial charge < -0.3 is 24.9 Å². The van der Waals surface area contributed by atoms with Gasteiger partial charge in [-0.25, -0.2) is 4.98 Å². The second kappa shape index (κ2) is 7.62. The Balaban J connectivity index is 2.10. The fourth-order valence-electron chi connectivity index (χ4n) is 3.13. The third kappa shape index (κ3) is 3.56. The lowest BCUT2D eigenvalue weighted by atomic mass is 9.86. The van der Waals surface area contributed by atoms with E-state index in [1.807, 2.05) is 32.0 Å². The van der Waals surface area contributed by atoms with E-state index in [4.69, 9.17) is 19.6 Å². The number of nitrogens with zero attached hydrogens (tertiary/aromatic N) is 2. The van der Waals surface area contributed by atoms with Gasteiger partial charge in [0.25, 0.3) is 0 Å². The summed E-state index contributed by atoms with van der Waals surface area (Å²) in [7, 11) is 1.59. The third-order valence-electron chi connectivity index (χ3n) is 4.27. The first-order valence-electron chi connectivity index (χ1n) is 8.99. The number of benzene rings is 1. The number of nitriles is 1. The van der Waals surface area contributed by atoms with Crippen LogP contribution in [0.3, 0.4) is 0 Å². The number of oxazole rings is 1. The van der Waals surface area contributed by atoms with E-state index in [9.17, 15) is 5.26 Å². The number of allylic oxidation sites excluding steroid dienone is 1. The number of nitrogens with two attached hydrogens (primary N) is 1. The number of fused-ring (bicyclic) bond motifs is 1. The second-order valence-electron chi connectivity index (χ2n) is 6.65. The molecule has 1 aromatic carbocycles. The Morgan fingerprint density at radius 3 is 2.78 bits per heavy atom. The lowest BCUT2D eigenvalue weighted by Gasteiger charge is -2.23. The second-order valence-corrected chi connectivity index (χ2v) is 6.65. The highest BCUT2D eigenvalue weighted by Crippen LogP contribution is 2.43. The Hall–Kier alpha value is -3.14. The molecule has 0 amide bonds. The van der Waals surface area contributed by atoms with Gasteiger partial charge in [-0.1, -0.05) is 13.0 Å². The number of aryl methyl sites for hydroxylation is 1. The number of rotatable bonds is 6. The molecule has 0 saturated heterocycles. The lowest BCUT2D eigenvalue weighted by Crippen LogP contribution is -2.22. The van der Waals surface area contributed by atoms with Crippen molar-refractivity contribution < 1.29 is 13.9 Å². The Labute approximate surface area is 158 Å². The van der Waals surface area contributed by atoms with Crippen molar-refractivity contribution >= 4 is 5.88 Å². The van der Waals surface area contributed by atoms with Crippen molar-refractivity contribution in [1.82, 2.24) is 4.98 Å². The Morgan fingerprint density at radius 1 is 1.37 bits per heavy atom. The van der Waals surface area contributed by atoms with Gasteiger partial charge >= 0.3 is 0 Å². The summed E-state index contributed by atoms with van der Waals surface area (Å²) in [6.07, 6.45) is 1.65. The van der Waals surface area contributed by atoms with E-state index in [0.29, 0.717) is 41.0 Å². The minimum atomic E-state index is -0.428. The molecule has 0 aliphatic carbocycles. The molecule has 142 valence electrons. The molecule has 2 heterocycles. The van der Waals surface area contributed by atoms with Crippen LogP contribution < -0.4 is 20.5 Å². The normalized spacial score (nSPS) is 15.9. The topological polar surface area (TPSA) is 106 Å². The largest absolute Gasteiger partial charge is 0.493 e. The van der Waals surface area contributed by atoms with Crippen LogP contribution in [0, 0.1) is 11.3 Å². The summed E-state index contributed by atoms with van der Waals surface area (Å²) in [5.41, 5.74) is 7.98. The third-order valence-corrected chi connectivity index (χ3v) is 4.27. The molecule has 2 aromatic rings. The van der Waals surface area contributed by atoms with Crippen LogP contribution in [0.2, 0.25) is 0 Å². The van der Waals surface area contributed by atoms with Crippen LogP contribution in [-0.2, 0) is 6.42 Å². The van der Waals surface area contributed by atoms with Crippen LogP contribution >= 0.6 is 0 Å². The number of ether oxygens (including phenoxy) is 2. The molecular formula is C20H24N4O3. The van der Waals surface area contributed by atoms with Gasteiger partial charge in [-0.05, 0) is 38.0 Å². The van der Waals surface area contributed by atoms with Crippen molar-refractivity contribution in [1.29, 1.82) is 5.26 Å². The molecule has 0 fully saturated rings. The first kappa shape index (κ1) is 18.6. The lowest BCUT2D eigenvalue weighted by molar-refractivity contribution is 0.230. The first-order valence-corrected chi connectivity index (χ1v) is 8.99. The summed E-state index contributed by atoms with van der Waals surface area (Å²) in [6, 6.07) is 7.81. The Bertz CT molecular complexity index is 908. The number of methoxy groups -OCH3 is 1. The quantitative estimate of drug-likeness (QED) is 0.801. The van der Waals surface area contributed by atoms with Crippen LogP contribution in [-0.4, -0.2) is 18.2 Å². The molecule has 7 heteroatoms. The molecule has 1 atom stereocenters. The maximum Gasteiger partial charge on any atom is 0.223 e. The van der Waals surface area contributed by atoms with Crippen molar-refractivity contribution in [2.45, 2.75) is 45.6 Å². The predicted octanol–water partition coefficient (Wildman–Crippen LogP) is 3.67. The van der Waals surface area contributed by atoms with Crippen LogP contribution in [0.25, 0.3) is 0 Å². The minimum absolute atomic E-state index is 0.0209. The average molecular weight is 368 g/mol. The molecule has 1 aliphatic heterocycles. The monoisotopic (exact) mass is 368 g/mol. The van der Waals surface area contributed by atoms with Crippen molar-refractivity contribution in [2.24, 2.45) is 5.73 Å². The van der Waals surface area contributed by atoms with Gasteiger partial charge in [-0.2, -0.15) is 5.26 Å². The van der Waals surface area contributed by atoms with E-state index in [1.54, 1.807) is 7.11 Å². The zero-order valence-corrected chi connectivity index (χ0v) is 16.0. The fraction of sp³-hybridized carbons (Fsp3) is 0.400. The van der Waals surface area contributed by atoms with Gasteiger partial charge in [-0.15, -0.1) is 0 Å². The summed E-state index contributed by atoms with van der Waals surface area (Å²) >= 11 is 0.